The molecule has 0 unspecified atom stereocenters. The average Bonchev–Trinajstić information content (AvgIpc) is 2.01. The maximum Gasteiger partial charge on any atom is 0.255 e. The molecule has 3 nitrogen and oxygen atoms in total. The molecule has 0 aliphatic rings. The second-order valence-corrected chi connectivity index (χ2v) is 3.72. The fourth-order valence-electron chi connectivity index (χ4n) is 0.810. The molecule has 0 aromatic heterocycles. The Bertz CT molecular complexity index is 349. The summed E-state index contributed by atoms with van der Waals surface area (Å²) in [5.74, 6) is -0.919. The Morgan fingerprint density at radius 1 is 1.64 bits per heavy atom. The van der Waals surface area contributed by atoms with E-state index in [1.54, 1.807) is 0 Å². The van der Waals surface area contributed by atoms with E-state index in [1.165, 1.54) is 6.07 Å². The van der Waals surface area contributed by atoms with Gasteiger partial charge in [-0.25, -0.2) is 4.39 Å². The molecule has 1 amide bonds. The van der Waals surface area contributed by atoms with Crippen LogP contribution < -0.4 is 10.5 Å². The van der Waals surface area contributed by atoms with Gasteiger partial charge in [0.05, 0.1) is 9.50 Å². The maximum atomic E-state index is 12.7. The van der Waals surface area contributed by atoms with E-state index in [0.29, 0.717) is 4.47 Å². The van der Waals surface area contributed by atoms with Crippen LogP contribution in [0.25, 0.3) is 0 Å². The van der Waals surface area contributed by atoms with Crippen LogP contribution in [-0.2, 0) is 4.79 Å². The highest BCUT2D eigenvalue weighted by Gasteiger charge is 2.10. The van der Waals surface area contributed by atoms with Crippen molar-refractivity contribution in [3.05, 3.63) is 27.4 Å². The molecule has 0 saturated carbocycles. The third-order valence-corrected chi connectivity index (χ3v) is 2.19. The van der Waals surface area contributed by atoms with Crippen LogP contribution in [0.3, 0.4) is 0 Å². The summed E-state index contributed by atoms with van der Waals surface area (Å²) in [6.45, 7) is -0.302. The van der Waals surface area contributed by atoms with Crippen LogP contribution in [-0.4, -0.2) is 12.5 Å². The minimum absolute atomic E-state index is 0.0816. The lowest BCUT2D eigenvalue weighted by Crippen LogP contribution is -2.20. The molecular weight excluding hydrogens is 276 g/mol. The van der Waals surface area contributed by atoms with Crippen molar-refractivity contribution in [1.82, 2.24) is 0 Å². The number of rotatable bonds is 3. The van der Waals surface area contributed by atoms with Gasteiger partial charge in [-0.2, -0.15) is 0 Å². The van der Waals surface area contributed by atoms with E-state index >= 15 is 0 Å². The van der Waals surface area contributed by atoms with Crippen LogP contribution in [0.15, 0.2) is 16.6 Å². The first-order valence-corrected chi connectivity index (χ1v) is 4.73. The standard InChI is InChI=1S/C8H6BrClFNO2/c9-5-1-4(11)2-6(10)8(5)14-3-7(12)13/h1-2H,3H2,(H2,12,13). The first-order chi connectivity index (χ1) is 6.50. The van der Waals surface area contributed by atoms with Gasteiger partial charge < -0.3 is 10.5 Å². The number of hydrogen-bond acceptors (Lipinski definition) is 2. The Morgan fingerprint density at radius 2 is 2.29 bits per heavy atom. The molecule has 1 aromatic rings. The van der Waals surface area contributed by atoms with Crippen molar-refractivity contribution < 1.29 is 13.9 Å². The number of hydrogen-bond donors (Lipinski definition) is 1. The Morgan fingerprint density at radius 3 is 2.79 bits per heavy atom. The molecule has 76 valence electrons. The van der Waals surface area contributed by atoms with Gasteiger partial charge in [0, 0.05) is 0 Å². The maximum absolute atomic E-state index is 12.7. The number of amides is 1. The van der Waals surface area contributed by atoms with Gasteiger partial charge in [-0.3, -0.25) is 4.79 Å². The lowest BCUT2D eigenvalue weighted by atomic mass is 10.3. The number of carbonyl (C=O) groups excluding carboxylic acids is 1. The molecule has 14 heavy (non-hydrogen) atoms. The van der Waals surface area contributed by atoms with Crippen molar-refractivity contribution in [3.8, 4) is 5.75 Å². The number of primary amides is 1. The number of ether oxygens (including phenoxy) is 1. The highest BCUT2D eigenvalue weighted by molar-refractivity contribution is 9.10. The van der Waals surface area contributed by atoms with Gasteiger partial charge in [0.2, 0.25) is 0 Å². The summed E-state index contributed by atoms with van der Waals surface area (Å²) in [5, 5.41) is 0.0816. The van der Waals surface area contributed by atoms with Crippen molar-refractivity contribution in [2.24, 2.45) is 5.73 Å². The van der Waals surface area contributed by atoms with Gasteiger partial charge in [0.1, 0.15) is 5.82 Å². The summed E-state index contributed by atoms with van der Waals surface area (Å²) in [6, 6.07) is 2.27. The zero-order valence-electron chi connectivity index (χ0n) is 6.89. The Hall–Kier alpha value is -0.810. The van der Waals surface area contributed by atoms with E-state index in [9.17, 15) is 9.18 Å². The SMILES string of the molecule is NC(=O)COc1c(Cl)cc(F)cc1Br. The quantitative estimate of drug-likeness (QED) is 0.923. The van der Waals surface area contributed by atoms with Crippen molar-refractivity contribution in [3.63, 3.8) is 0 Å². The van der Waals surface area contributed by atoms with E-state index in [-0.39, 0.29) is 17.4 Å². The molecule has 0 bridgehead atoms. The molecule has 0 spiro atoms. The van der Waals surface area contributed by atoms with Crippen molar-refractivity contribution >= 4 is 33.4 Å². The second kappa shape index (κ2) is 4.61. The van der Waals surface area contributed by atoms with E-state index in [2.05, 4.69) is 15.9 Å². The number of nitrogens with two attached hydrogens (primary N) is 1. The molecule has 1 rings (SSSR count). The molecule has 0 atom stereocenters. The molecule has 6 heteroatoms. The smallest absolute Gasteiger partial charge is 0.255 e. The normalized spacial score (nSPS) is 9.93. The zero-order chi connectivity index (χ0) is 10.7. The fourth-order valence-corrected chi connectivity index (χ4v) is 1.73. The van der Waals surface area contributed by atoms with Gasteiger partial charge in [-0.15, -0.1) is 0 Å². The lowest BCUT2D eigenvalue weighted by Gasteiger charge is -2.07. The third kappa shape index (κ3) is 2.85. The summed E-state index contributed by atoms with van der Waals surface area (Å²) < 4.78 is 18.0. The molecule has 1 aromatic carbocycles. The molecule has 0 radical (unpaired) electrons. The van der Waals surface area contributed by atoms with Crippen LogP contribution in [0, 0.1) is 5.82 Å². The molecule has 0 fully saturated rings. The Labute approximate surface area is 93.1 Å². The first-order valence-electron chi connectivity index (χ1n) is 3.56. The predicted octanol–water partition coefficient (Wildman–Crippen LogP) is 2.11. The lowest BCUT2D eigenvalue weighted by molar-refractivity contribution is -0.119. The molecule has 0 heterocycles. The minimum Gasteiger partial charge on any atom is -0.481 e. The van der Waals surface area contributed by atoms with Gasteiger partial charge in [-0.05, 0) is 28.1 Å². The molecule has 2 N–H and O–H groups in total. The summed E-state index contributed by atoms with van der Waals surface area (Å²) in [7, 11) is 0. The molecule has 0 aliphatic heterocycles. The Balaban J connectivity index is 2.91. The highest BCUT2D eigenvalue weighted by atomic mass is 79.9. The molecule has 0 aliphatic carbocycles. The number of carbonyl (C=O) groups is 1. The van der Waals surface area contributed by atoms with Gasteiger partial charge >= 0.3 is 0 Å². The third-order valence-electron chi connectivity index (χ3n) is 1.32. The van der Waals surface area contributed by atoms with E-state index < -0.39 is 11.7 Å². The average molecular weight is 282 g/mol. The van der Waals surface area contributed by atoms with Crippen molar-refractivity contribution in [2.45, 2.75) is 0 Å². The first kappa shape index (κ1) is 11.3. The second-order valence-electron chi connectivity index (χ2n) is 2.45. The molecular formula is C8H6BrClFNO2. The van der Waals surface area contributed by atoms with Crippen LogP contribution in [0.2, 0.25) is 5.02 Å². The predicted molar refractivity (Wildman–Crippen MR) is 53.8 cm³/mol. The van der Waals surface area contributed by atoms with Crippen LogP contribution in [0.5, 0.6) is 5.75 Å². The monoisotopic (exact) mass is 281 g/mol. The summed E-state index contributed by atoms with van der Waals surface area (Å²) in [6.07, 6.45) is 0. The zero-order valence-corrected chi connectivity index (χ0v) is 9.23. The van der Waals surface area contributed by atoms with Crippen LogP contribution in [0.4, 0.5) is 4.39 Å². The Kier molecular flexibility index (Phi) is 3.71. The van der Waals surface area contributed by atoms with Gasteiger partial charge in [0.15, 0.2) is 12.4 Å². The topological polar surface area (TPSA) is 52.3 Å². The molecule has 0 saturated heterocycles. The van der Waals surface area contributed by atoms with E-state index in [4.69, 9.17) is 22.1 Å². The van der Waals surface area contributed by atoms with Crippen LogP contribution >= 0.6 is 27.5 Å². The highest BCUT2D eigenvalue weighted by Crippen LogP contribution is 2.33. The number of benzene rings is 1. The van der Waals surface area contributed by atoms with Crippen molar-refractivity contribution in [1.29, 1.82) is 0 Å². The van der Waals surface area contributed by atoms with E-state index in [0.717, 1.165) is 6.07 Å². The fraction of sp³-hybridized carbons (Fsp3) is 0.125. The summed E-state index contributed by atoms with van der Waals surface area (Å²) in [5.41, 5.74) is 4.87. The summed E-state index contributed by atoms with van der Waals surface area (Å²) >= 11 is 8.72. The van der Waals surface area contributed by atoms with Crippen LogP contribution in [0.1, 0.15) is 0 Å². The minimum atomic E-state index is -0.628. The summed E-state index contributed by atoms with van der Waals surface area (Å²) in [4.78, 5) is 10.4. The van der Waals surface area contributed by atoms with E-state index in [1.807, 2.05) is 0 Å². The van der Waals surface area contributed by atoms with Gasteiger partial charge in [-0.1, -0.05) is 11.6 Å². The largest absolute Gasteiger partial charge is 0.481 e. The van der Waals surface area contributed by atoms with Gasteiger partial charge in [0.25, 0.3) is 5.91 Å². The van der Waals surface area contributed by atoms with Crippen molar-refractivity contribution in [2.75, 3.05) is 6.61 Å². The number of halogens is 3.